The molecule has 0 spiro atoms. The summed E-state index contributed by atoms with van der Waals surface area (Å²) in [6.45, 7) is 1.51. The number of carbonyl (C=O) groups is 2. The van der Waals surface area contributed by atoms with E-state index in [0.717, 1.165) is 41.0 Å². The van der Waals surface area contributed by atoms with Gasteiger partial charge in [0.15, 0.2) is 11.6 Å². The number of benzene rings is 2. The minimum atomic E-state index is -4.87. The first-order chi connectivity index (χ1) is 13.5. The van der Waals surface area contributed by atoms with Gasteiger partial charge in [-0.15, -0.1) is 13.2 Å². The quantitative estimate of drug-likeness (QED) is 0.645. The number of primary amides is 1. The molecular weight excluding hydrogens is 396 g/mol. The second kappa shape index (κ2) is 7.12. The molecular formula is C19H14F4N2O4. The number of fused-ring (bicyclic) bond motifs is 1. The zero-order valence-corrected chi connectivity index (χ0v) is 14.9. The number of hydrogen-bond acceptors (Lipinski definition) is 4. The molecule has 0 saturated carbocycles. The fourth-order valence-electron chi connectivity index (χ4n) is 3.08. The van der Waals surface area contributed by atoms with Crippen LogP contribution in [0.1, 0.15) is 21.6 Å². The number of nitrogens with zero attached hydrogens (tertiary/aromatic N) is 1. The highest BCUT2D eigenvalue weighted by Crippen LogP contribution is 2.32. The summed E-state index contributed by atoms with van der Waals surface area (Å²) in [5, 5.41) is 9.92. The van der Waals surface area contributed by atoms with Crippen LogP contribution in [0.3, 0.4) is 0 Å². The van der Waals surface area contributed by atoms with Crippen LogP contribution >= 0.6 is 0 Å². The van der Waals surface area contributed by atoms with Crippen molar-refractivity contribution in [2.45, 2.75) is 19.7 Å². The third-order valence-electron chi connectivity index (χ3n) is 4.29. The van der Waals surface area contributed by atoms with Crippen molar-refractivity contribution in [3.05, 3.63) is 59.0 Å². The van der Waals surface area contributed by atoms with E-state index in [0.29, 0.717) is 5.56 Å². The Bertz CT molecular complexity index is 1120. The van der Waals surface area contributed by atoms with E-state index in [2.05, 4.69) is 4.74 Å². The summed E-state index contributed by atoms with van der Waals surface area (Å²) in [5.41, 5.74) is 5.93. The number of phenols is 1. The largest absolute Gasteiger partial charge is 0.573 e. The second-order valence-electron chi connectivity index (χ2n) is 6.24. The van der Waals surface area contributed by atoms with Crippen molar-refractivity contribution >= 4 is 22.7 Å². The van der Waals surface area contributed by atoms with Gasteiger partial charge in [-0.1, -0.05) is 0 Å². The number of hydrogen-bond donors (Lipinski definition) is 2. The van der Waals surface area contributed by atoms with Gasteiger partial charge in [-0.25, -0.2) is 4.39 Å². The number of aromatic hydroxyl groups is 1. The maximum Gasteiger partial charge on any atom is 0.573 e. The minimum Gasteiger partial charge on any atom is -0.505 e. The number of carbonyl (C=O) groups excluding carboxylic acids is 2. The summed E-state index contributed by atoms with van der Waals surface area (Å²) in [6.07, 6.45) is -5.13. The molecule has 3 N–H and O–H groups in total. The number of halogens is 4. The van der Waals surface area contributed by atoms with Gasteiger partial charge in [0.05, 0.1) is 11.9 Å². The third-order valence-corrected chi connectivity index (χ3v) is 4.29. The Morgan fingerprint density at radius 2 is 1.79 bits per heavy atom. The molecule has 0 radical (unpaired) electrons. The standard InChI is InChI=1S/C19H14F4N2O4/c1-9-12(7-17(24)27)13-6-16(26)14(20)8-15(13)25(9)18(28)10-2-4-11(5-3-10)29-19(21,22)23/h2-6,8,26H,7H2,1H3,(H2,24,27). The molecule has 10 heteroatoms. The molecule has 0 aliphatic heterocycles. The molecule has 0 unspecified atom stereocenters. The molecule has 2 aromatic carbocycles. The molecule has 1 heterocycles. The van der Waals surface area contributed by atoms with Crippen molar-refractivity contribution in [3.63, 3.8) is 0 Å². The lowest BCUT2D eigenvalue weighted by atomic mass is 10.1. The van der Waals surface area contributed by atoms with E-state index in [-0.39, 0.29) is 28.6 Å². The van der Waals surface area contributed by atoms with E-state index in [1.807, 2.05) is 0 Å². The van der Waals surface area contributed by atoms with Gasteiger partial charge in [-0.2, -0.15) is 0 Å². The normalized spacial score (nSPS) is 11.6. The van der Waals surface area contributed by atoms with Crippen molar-refractivity contribution in [2.24, 2.45) is 5.73 Å². The van der Waals surface area contributed by atoms with Gasteiger partial charge in [0.25, 0.3) is 5.91 Å². The number of ether oxygens (including phenoxy) is 1. The number of nitrogens with two attached hydrogens (primary N) is 1. The van der Waals surface area contributed by atoms with Crippen LogP contribution in [0.25, 0.3) is 10.9 Å². The summed E-state index contributed by atoms with van der Waals surface area (Å²) in [5.74, 6) is -3.53. The van der Waals surface area contributed by atoms with Crippen LogP contribution in [0.5, 0.6) is 11.5 Å². The van der Waals surface area contributed by atoms with Crippen molar-refractivity contribution in [1.82, 2.24) is 4.57 Å². The van der Waals surface area contributed by atoms with Gasteiger partial charge in [0, 0.05) is 22.7 Å². The molecule has 0 bridgehead atoms. The zero-order valence-electron chi connectivity index (χ0n) is 14.9. The third kappa shape index (κ3) is 4.00. The Morgan fingerprint density at radius 1 is 1.17 bits per heavy atom. The zero-order chi connectivity index (χ0) is 21.5. The van der Waals surface area contributed by atoms with Crippen molar-refractivity contribution in [2.75, 3.05) is 0 Å². The van der Waals surface area contributed by atoms with Gasteiger partial charge in [-0.3, -0.25) is 14.2 Å². The first-order valence-corrected chi connectivity index (χ1v) is 8.19. The highest BCUT2D eigenvalue weighted by molar-refractivity contribution is 6.05. The van der Waals surface area contributed by atoms with Crippen LogP contribution in [0.2, 0.25) is 0 Å². The summed E-state index contributed by atoms with van der Waals surface area (Å²) < 4.78 is 55.6. The Morgan fingerprint density at radius 3 is 2.34 bits per heavy atom. The lowest BCUT2D eigenvalue weighted by Crippen LogP contribution is -2.18. The number of alkyl halides is 3. The average molecular weight is 410 g/mol. The predicted molar refractivity (Wildman–Crippen MR) is 94.0 cm³/mol. The van der Waals surface area contributed by atoms with Gasteiger partial charge in [0.1, 0.15) is 5.75 Å². The van der Waals surface area contributed by atoms with Crippen LogP contribution in [0.15, 0.2) is 36.4 Å². The fourth-order valence-corrected chi connectivity index (χ4v) is 3.08. The number of phenolic OH excluding ortho intramolecular Hbond substituents is 1. The summed E-state index contributed by atoms with van der Waals surface area (Å²) in [7, 11) is 0. The van der Waals surface area contributed by atoms with E-state index in [1.54, 1.807) is 0 Å². The van der Waals surface area contributed by atoms with E-state index < -0.39 is 35.5 Å². The molecule has 29 heavy (non-hydrogen) atoms. The van der Waals surface area contributed by atoms with E-state index >= 15 is 0 Å². The number of aromatic nitrogens is 1. The first kappa shape index (κ1) is 20.2. The van der Waals surface area contributed by atoms with Crippen LogP contribution in [0.4, 0.5) is 17.6 Å². The number of amides is 1. The summed E-state index contributed by atoms with van der Waals surface area (Å²) >= 11 is 0. The van der Waals surface area contributed by atoms with Crippen LogP contribution < -0.4 is 10.5 Å². The van der Waals surface area contributed by atoms with E-state index in [4.69, 9.17) is 5.73 Å². The predicted octanol–water partition coefficient (Wildman–Crippen LogP) is 3.41. The Hall–Kier alpha value is -3.56. The van der Waals surface area contributed by atoms with Crippen molar-refractivity contribution in [3.8, 4) is 11.5 Å². The van der Waals surface area contributed by atoms with Crippen molar-refractivity contribution < 1.29 is 37.0 Å². The fraction of sp³-hybridized carbons (Fsp3) is 0.158. The summed E-state index contributed by atoms with van der Waals surface area (Å²) in [4.78, 5) is 24.4. The smallest absolute Gasteiger partial charge is 0.505 e. The highest BCUT2D eigenvalue weighted by Gasteiger charge is 2.31. The van der Waals surface area contributed by atoms with Gasteiger partial charge in [0.2, 0.25) is 5.91 Å². The van der Waals surface area contributed by atoms with Crippen LogP contribution in [0, 0.1) is 12.7 Å². The van der Waals surface area contributed by atoms with Gasteiger partial charge in [-0.05, 0) is 42.8 Å². The first-order valence-electron chi connectivity index (χ1n) is 8.19. The lowest BCUT2D eigenvalue weighted by Gasteiger charge is -2.10. The lowest BCUT2D eigenvalue weighted by molar-refractivity contribution is -0.274. The van der Waals surface area contributed by atoms with Crippen molar-refractivity contribution in [1.29, 1.82) is 0 Å². The van der Waals surface area contributed by atoms with E-state index in [9.17, 15) is 32.3 Å². The monoisotopic (exact) mass is 410 g/mol. The molecule has 0 atom stereocenters. The molecule has 0 aliphatic rings. The van der Waals surface area contributed by atoms with Crippen LogP contribution in [-0.4, -0.2) is 27.9 Å². The molecule has 152 valence electrons. The molecule has 0 aliphatic carbocycles. The second-order valence-corrected chi connectivity index (χ2v) is 6.24. The Kier molecular flexibility index (Phi) is 4.95. The number of rotatable bonds is 4. The molecule has 0 fully saturated rings. The molecule has 6 nitrogen and oxygen atoms in total. The Labute approximate surface area is 161 Å². The minimum absolute atomic E-state index is 0.00127. The SMILES string of the molecule is Cc1c(CC(N)=O)c2cc(O)c(F)cc2n1C(=O)c1ccc(OC(F)(F)F)cc1. The molecule has 1 aromatic heterocycles. The molecule has 3 aromatic rings. The molecule has 3 rings (SSSR count). The maximum atomic E-state index is 13.9. The van der Waals surface area contributed by atoms with Gasteiger partial charge < -0.3 is 15.6 Å². The summed E-state index contributed by atoms with van der Waals surface area (Å²) in [6, 6.07) is 6.20. The topological polar surface area (TPSA) is 94.5 Å². The molecule has 0 saturated heterocycles. The van der Waals surface area contributed by atoms with Gasteiger partial charge >= 0.3 is 6.36 Å². The van der Waals surface area contributed by atoms with Crippen LogP contribution in [-0.2, 0) is 11.2 Å². The highest BCUT2D eigenvalue weighted by atomic mass is 19.4. The average Bonchev–Trinajstić information content (AvgIpc) is 2.85. The maximum absolute atomic E-state index is 13.9. The molecule has 1 amide bonds. The van der Waals surface area contributed by atoms with E-state index in [1.165, 1.54) is 6.92 Å². The Balaban J connectivity index is 2.11.